The van der Waals surface area contributed by atoms with Gasteiger partial charge < -0.3 is 10.2 Å². The van der Waals surface area contributed by atoms with Crippen LogP contribution in [0.2, 0.25) is 10.0 Å². The van der Waals surface area contributed by atoms with Crippen LogP contribution in [-0.2, 0) is 13.2 Å². The minimum Gasteiger partial charge on any atom is -0.487 e. The van der Waals surface area contributed by atoms with Crippen LogP contribution >= 0.6 is 68.4 Å². The lowest BCUT2D eigenvalue weighted by atomic mass is 10.1. The van der Waals surface area contributed by atoms with E-state index in [1.165, 1.54) is 16.3 Å². The van der Waals surface area contributed by atoms with Crippen molar-refractivity contribution in [1.82, 2.24) is 5.43 Å². The lowest BCUT2D eigenvalue weighted by Crippen LogP contribution is -2.07. The molecule has 3 nitrogen and oxygen atoms in total. The Morgan fingerprint density at radius 1 is 0.875 bits per heavy atom. The van der Waals surface area contributed by atoms with E-state index in [2.05, 4.69) is 110 Å². The van der Waals surface area contributed by atoms with Gasteiger partial charge in [-0.25, -0.2) is 0 Å². The number of hydrogen-bond donors (Lipinski definition) is 1. The van der Waals surface area contributed by atoms with Gasteiger partial charge >= 0.3 is 0 Å². The quantitative estimate of drug-likeness (QED) is 0.121. The highest BCUT2D eigenvalue weighted by Crippen LogP contribution is 2.30. The first-order valence-corrected chi connectivity index (χ1v) is 12.7. The van der Waals surface area contributed by atoms with Crippen molar-refractivity contribution in [3.63, 3.8) is 0 Å². The molecule has 0 spiro atoms. The third-order valence-electron chi connectivity index (χ3n) is 4.89. The van der Waals surface area contributed by atoms with Gasteiger partial charge in [0.2, 0.25) is 0 Å². The van der Waals surface area contributed by atoms with Crippen LogP contribution in [0.1, 0.15) is 16.7 Å². The molecule has 0 aliphatic rings. The third-order valence-corrected chi connectivity index (χ3v) is 7.21. The van der Waals surface area contributed by atoms with Gasteiger partial charge in [-0.05, 0) is 91.3 Å². The van der Waals surface area contributed by atoms with E-state index in [1.807, 2.05) is 18.2 Å². The van der Waals surface area contributed by atoms with Crippen LogP contribution in [0, 0.1) is 7.14 Å². The average Bonchev–Trinajstić information content (AvgIpc) is 2.78. The molecule has 1 N–H and O–H groups in total. The molecule has 32 heavy (non-hydrogen) atoms. The van der Waals surface area contributed by atoms with E-state index in [-0.39, 0.29) is 0 Å². The Bertz CT molecular complexity index is 1250. The molecular formula is C25H18Cl2I2N2O. The first kappa shape index (κ1) is 23.6. The summed E-state index contributed by atoms with van der Waals surface area (Å²) in [5.74, 6) is 0.882. The average molecular weight is 687 g/mol. The Hall–Kier alpha value is -1.55. The molecule has 0 saturated carbocycles. The normalized spacial score (nSPS) is 11.2. The zero-order chi connectivity index (χ0) is 22.5. The molecule has 0 fully saturated rings. The molecule has 0 saturated heterocycles. The first-order valence-electron chi connectivity index (χ1n) is 9.80. The summed E-state index contributed by atoms with van der Waals surface area (Å²) in [5.41, 5.74) is 5.99. The fourth-order valence-corrected chi connectivity index (χ4v) is 5.97. The zero-order valence-corrected chi connectivity index (χ0v) is 22.6. The number of fused-ring (bicyclic) bond motifs is 1. The standard InChI is InChI=1S/C25H18Cl2I2N2O/c26-21-9-4-10-22(27)20(21)14-31-30-13-16-11-23(28)25(24(29)12-16)32-15-18-7-3-6-17-5-1-2-8-19(17)18/h1-13,31H,14-15H2/b30-13+. The Morgan fingerprint density at radius 3 is 2.28 bits per heavy atom. The summed E-state index contributed by atoms with van der Waals surface area (Å²) in [6, 6.07) is 24.2. The van der Waals surface area contributed by atoms with Crippen molar-refractivity contribution in [2.75, 3.05) is 0 Å². The molecule has 4 rings (SSSR count). The molecule has 0 atom stereocenters. The summed E-state index contributed by atoms with van der Waals surface area (Å²) in [6.45, 7) is 0.969. The van der Waals surface area contributed by atoms with E-state index in [0.717, 1.165) is 24.0 Å². The third kappa shape index (κ3) is 5.68. The van der Waals surface area contributed by atoms with E-state index in [4.69, 9.17) is 27.9 Å². The van der Waals surface area contributed by atoms with Crippen molar-refractivity contribution >= 4 is 85.4 Å². The van der Waals surface area contributed by atoms with Crippen LogP contribution < -0.4 is 10.2 Å². The van der Waals surface area contributed by atoms with Crippen molar-refractivity contribution in [2.24, 2.45) is 5.10 Å². The predicted octanol–water partition coefficient (Wildman–Crippen LogP) is 8.06. The smallest absolute Gasteiger partial charge is 0.146 e. The van der Waals surface area contributed by atoms with Crippen LogP contribution in [0.5, 0.6) is 5.75 Å². The van der Waals surface area contributed by atoms with Gasteiger partial charge in [0.05, 0.1) is 19.9 Å². The molecule has 0 aromatic heterocycles. The van der Waals surface area contributed by atoms with Gasteiger partial charge in [-0.15, -0.1) is 0 Å². The summed E-state index contributed by atoms with van der Waals surface area (Å²) in [6.07, 6.45) is 1.78. The minimum atomic E-state index is 0.454. The second-order valence-electron chi connectivity index (χ2n) is 7.03. The zero-order valence-electron chi connectivity index (χ0n) is 16.8. The van der Waals surface area contributed by atoms with Crippen LogP contribution in [0.4, 0.5) is 0 Å². The Kier molecular flexibility index (Phi) is 8.15. The van der Waals surface area contributed by atoms with Crippen molar-refractivity contribution in [1.29, 1.82) is 0 Å². The number of ether oxygens (including phenoxy) is 1. The van der Waals surface area contributed by atoms with E-state index in [9.17, 15) is 0 Å². The molecule has 7 heteroatoms. The van der Waals surface area contributed by atoms with Crippen molar-refractivity contribution in [2.45, 2.75) is 13.2 Å². The first-order chi connectivity index (χ1) is 15.5. The maximum atomic E-state index is 6.22. The van der Waals surface area contributed by atoms with Crippen molar-refractivity contribution in [3.8, 4) is 5.75 Å². The number of halogens is 4. The highest BCUT2D eigenvalue weighted by molar-refractivity contribution is 14.1. The van der Waals surface area contributed by atoms with Gasteiger partial charge in [0, 0.05) is 15.6 Å². The van der Waals surface area contributed by atoms with Crippen LogP contribution in [-0.4, -0.2) is 6.21 Å². The number of nitrogens with one attached hydrogen (secondary N) is 1. The molecule has 0 radical (unpaired) electrons. The Morgan fingerprint density at radius 2 is 1.53 bits per heavy atom. The van der Waals surface area contributed by atoms with Crippen molar-refractivity contribution in [3.05, 3.63) is 107 Å². The summed E-state index contributed by atoms with van der Waals surface area (Å²) in [4.78, 5) is 0. The van der Waals surface area contributed by atoms with Gasteiger partial charge in [-0.1, -0.05) is 71.7 Å². The Labute approximate surface area is 224 Å². The second-order valence-corrected chi connectivity index (χ2v) is 10.2. The predicted molar refractivity (Wildman–Crippen MR) is 151 cm³/mol. The number of hydrazone groups is 1. The summed E-state index contributed by atoms with van der Waals surface area (Å²) in [5, 5.41) is 8.00. The molecular weight excluding hydrogens is 669 g/mol. The highest BCUT2D eigenvalue weighted by atomic mass is 127. The molecule has 0 heterocycles. The van der Waals surface area contributed by atoms with Crippen molar-refractivity contribution < 1.29 is 4.74 Å². The van der Waals surface area contributed by atoms with E-state index >= 15 is 0 Å². The van der Waals surface area contributed by atoms with Gasteiger partial charge in [-0.2, -0.15) is 5.10 Å². The number of rotatable bonds is 7. The fraction of sp³-hybridized carbons (Fsp3) is 0.0800. The van der Waals surface area contributed by atoms with E-state index < -0.39 is 0 Å². The van der Waals surface area contributed by atoms with Gasteiger partial charge in [0.15, 0.2) is 0 Å². The monoisotopic (exact) mass is 686 g/mol. The lowest BCUT2D eigenvalue weighted by molar-refractivity contribution is 0.303. The summed E-state index contributed by atoms with van der Waals surface area (Å²) in [7, 11) is 0. The van der Waals surface area contributed by atoms with Crippen LogP contribution in [0.25, 0.3) is 10.8 Å². The fourth-order valence-electron chi connectivity index (χ4n) is 3.31. The van der Waals surface area contributed by atoms with E-state index in [1.54, 1.807) is 6.21 Å². The Balaban J connectivity index is 1.43. The maximum absolute atomic E-state index is 6.22. The number of hydrogen-bond acceptors (Lipinski definition) is 3. The van der Waals surface area contributed by atoms with Gasteiger partial charge in [-0.3, -0.25) is 0 Å². The maximum Gasteiger partial charge on any atom is 0.146 e. The molecule has 0 aliphatic carbocycles. The van der Waals surface area contributed by atoms with Crippen LogP contribution in [0.15, 0.2) is 77.9 Å². The topological polar surface area (TPSA) is 33.6 Å². The summed E-state index contributed by atoms with van der Waals surface area (Å²) >= 11 is 17.0. The molecule has 0 bridgehead atoms. The van der Waals surface area contributed by atoms with Crippen LogP contribution in [0.3, 0.4) is 0 Å². The molecule has 162 valence electrons. The lowest BCUT2D eigenvalue weighted by Gasteiger charge is -2.13. The minimum absolute atomic E-state index is 0.454. The number of nitrogens with zero attached hydrogens (tertiary/aromatic N) is 1. The van der Waals surface area contributed by atoms with Gasteiger partial charge in [0.25, 0.3) is 0 Å². The molecule has 0 unspecified atom stereocenters. The van der Waals surface area contributed by atoms with Gasteiger partial charge in [0.1, 0.15) is 12.4 Å². The molecule has 4 aromatic rings. The second kappa shape index (κ2) is 11.0. The molecule has 4 aromatic carbocycles. The van der Waals surface area contributed by atoms with E-state index in [0.29, 0.717) is 23.2 Å². The number of benzene rings is 4. The summed E-state index contributed by atoms with van der Waals surface area (Å²) < 4.78 is 8.29. The highest BCUT2D eigenvalue weighted by Gasteiger charge is 2.10. The molecule has 0 amide bonds. The largest absolute Gasteiger partial charge is 0.487 e. The molecule has 0 aliphatic heterocycles. The SMILES string of the molecule is Clc1cccc(Cl)c1CN/N=C/c1cc(I)c(OCc2cccc3ccccc23)c(I)c1.